The molecule has 0 unspecified atom stereocenters. The zero-order valence-corrected chi connectivity index (χ0v) is 21.5. The van der Waals surface area contributed by atoms with Crippen LogP contribution in [0.1, 0.15) is 51.7 Å². The number of methoxy groups -OCH3 is 1. The lowest BCUT2D eigenvalue weighted by atomic mass is 10.0. The van der Waals surface area contributed by atoms with Gasteiger partial charge in [0.2, 0.25) is 0 Å². The van der Waals surface area contributed by atoms with Crippen molar-refractivity contribution in [2.45, 2.75) is 33.1 Å². The van der Waals surface area contributed by atoms with E-state index in [4.69, 9.17) is 19.6 Å². The number of nitrogens with zero attached hydrogens (tertiary/aromatic N) is 1. The van der Waals surface area contributed by atoms with Gasteiger partial charge in [0.05, 0.1) is 19.4 Å². The SMILES string of the molecule is CCc1cc(C(=O)CCC(=O)c2ccc(OCCO)c(OC)c2)nc(-c2csc3c(C)cccc23)c1. The summed E-state index contributed by atoms with van der Waals surface area (Å²) in [5.74, 6) is 0.524. The largest absolute Gasteiger partial charge is 0.493 e. The number of pyridine rings is 1. The van der Waals surface area contributed by atoms with E-state index in [1.54, 1.807) is 29.5 Å². The van der Waals surface area contributed by atoms with Crippen molar-refractivity contribution in [3.63, 3.8) is 0 Å². The molecule has 36 heavy (non-hydrogen) atoms. The Bertz CT molecular complexity index is 1410. The van der Waals surface area contributed by atoms with Crippen LogP contribution < -0.4 is 9.47 Å². The van der Waals surface area contributed by atoms with Gasteiger partial charge in [0.1, 0.15) is 12.3 Å². The standard InChI is InChI=1S/C29H29NO5S/c1-4-19-14-23(22-17-36-29-18(2)6-5-7-21(22)29)30-24(15-19)26(33)10-9-25(32)20-8-11-27(35-13-12-31)28(16-20)34-3/h5-8,11,14-17,31H,4,9-10,12-13H2,1-3H3. The second-order valence-corrected chi connectivity index (χ2v) is 9.36. The monoisotopic (exact) mass is 503 g/mol. The van der Waals surface area contributed by atoms with Crippen LogP contribution >= 0.6 is 11.3 Å². The van der Waals surface area contributed by atoms with Crippen molar-refractivity contribution in [3.8, 4) is 22.8 Å². The normalized spacial score (nSPS) is 11.0. The van der Waals surface area contributed by atoms with E-state index >= 15 is 0 Å². The molecule has 2 aromatic carbocycles. The number of rotatable bonds is 11. The summed E-state index contributed by atoms with van der Waals surface area (Å²) >= 11 is 1.68. The minimum atomic E-state index is -0.165. The molecule has 2 aromatic heterocycles. The van der Waals surface area contributed by atoms with Crippen LogP contribution in [0.3, 0.4) is 0 Å². The highest BCUT2D eigenvalue weighted by atomic mass is 32.1. The summed E-state index contributed by atoms with van der Waals surface area (Å²) in [6.07, 6.45) is 0.903. The van der Waals surface area contributed by atoms with Crippen LogP contribution in [0, 0.1) is 6.92 Å². The van der Waals surface area contributed by atoms with Gasteiger partial charge in [-0.2, -0.15) is 0 Å². The summed E-state index contributed by atoms with van der Waals surface area (Å²) < 4.78 is 11.9. The van der Waals surface area contributed by atoms with E-state index in [2.05, 4.69) is 24.4 Å². The predicted molar refractivity (Wildman–Crippen MR) is 143 cm³/mol. The van der Waals surface area contributed by atoms with Crippen LogP contribution in [-0.2, 0) is 6.42 Å². The number of Topliss-reactive ketones (excluding diaryl/α,β-unsaturated/α-hetero) is 2. The molecule has 0 fully saturated rings. The van der Waals surface area contributed by atoms with Gasteiger partial charge in [-0.1, -0.05) is 25.1 Å². The van der Waals surface area contributed by atoms with Gasteiger partial charge in [-0.15, -0.1) is 11.3 Å². The molecule has 4 rings (SSSR count). The molecule has 0 spiro atoms. The number of benzene rings is 2. The summed E-state index contributed by atoms with van der Waals surface area (Å²) in [5.41, 5.74) is 4.88. The van der Waals surface area contributed by atoms with Gasteiger partial charge in [-0.25, -0.2) is 4.98 Å². The highest BCUT2D eigenvalue weighted by Crippen LogP contribution is 2.35. The zero-order chi connectivity index (χ0) is 25.7. The lowest BCUT2D eigenvalue weighted by molar-refractivity contribution is 0.0915. The lowest BCUT2D eigenvalue weighted by Crippen LogP contribution is -2.09. The number of aliphatic hydroxyl groups is 1. The molecule has 0 saturated carbocycles. The maximum absolute atomic E-state index is 13.1. The van der Waals surface area contributed by atoms with Crippen molar-refractivity contribution in [2.75, 3.05) is 20.3 Å². The molecule has 0 aliphatic rings. The van der Waals surface area contributed by atoms with Crippen LogP contribution in [0.5, 0.6) is 11.5 Å². The summed E-state index contributed by atoms with van der Waals surface area (Å²) in [6.45, 7) is 4.15. The summed E-state index contributed by atoms with van der Waals surface area (Å²) in [4.78, 5) is 30.6. The third-order valence-corrected chi connectivity index (χ3v) is 7.20. The molecule has 4 aromatic rings. The first-order valence-electron chi connectivity index (χ1n) is 11.9. The molecule has 0 radical (unpaired) electrons. The molecule has 0 aliphatic carbocycles. The van der Waals surface area contributed by atoms with E-state index in [0.717, 1.165) is 28.6 Å². The van der Waals surface area contributed by atoms with Crippen molar-refractivity contribution in [1.82, 2.24) is 4.98 Å². The number of ketones is 2. The predicted octanol–water partition coefficient (Wildman–Crippen LogP) is 6.06. The van der Waals surface area contributed by atoms with Crippen LogP contribution in [0.4, 0.5) is 0 Å². The number of hydrogen-bond donors (Lipinski definition) is 1. The Morgan fingerprint density at radius 3 is 2.58 bits per heavy atom. The second kappa shape index (κ2) is 11.5. The van der Waals surface area contributed by atoms with E-state index in [0.29, 0.717) is 22.8 Å². The molecular weight excluding hydrogens is 474 g/mol. The fourth-order valence-corrected chi connectivity index (χ4v) is 5.13. The molecular formula is C29H29NO5S. The van der Waals surface area contributed by atoms with Crippen molar-refractivity contribution in [2.24, 2.45) is 0 Å². The number of ether oxygens (including phenoxy) is 2. The van der Waals surface area contributed by atoms with Crippen LogP contribution in [0.2, 0.25) is 0 Å². The second-order valence-electron chi connectivity index (χ2n) is 8.48. The van der Waals surface area contributed by atoms with Gasteiger partial charge < -0.3 is 14.6 Å². The molecule has 2 heterocycles. The minimum absolute atomic E-state index is 0.0623. The number of fused-ring (bicyclic) bond motifs is 1. The van der Waals surface area contributed by atoms with Gasteiger partial charge >= 0.3 is 0 Å². The smallest absolute Gasteiger partial charge is 0.181 e. The number of carbonyl (C=O) groups excluding carboxylic acids is 2. The van der Waals surface area contributed by atoms with Gasteiger partial charge in [0, 0.05) is 39.4 Å². The van der Waals surface area contributed by atoms with Gasteiger partial charge in [0.25, 0.3) is 0 Å². The Balaban J connectivity index is 1.53. The third-order valence-electron chi connectivity index (χ3n) is 6.07. The fourth-order valence-electron chi connectivity index (χ4n) is 4.09. The van der Waals surface area contributed by atoms with E-state index in [-0.39, 0.29) is 37.6 Å². The van der Waals surface area contributed by atoms with Gasteiger partial charge in [-0.05, 0) is 54.8 Å². The van der Waals surface area contributed by atoms with E-state index in [9.17, 15) is 9.59 Å². The molecule has 0 bridgehead atoms. The van der Waals surface area contributed by atoms with E-state index in [1.165, 1.54) is 17.4 Å². The Hall–Kier alpha value is -3.55. The van der Waals surface area contributed by atoms with Crippen molar-refractivity contribution >= 4 is 33.0 Å². The van der Waals surface area contributed by atoms with E-state index < -0.39 is 0 Å². The first kappa shape index (κ1) is 25.5. The maximum Gasteiger partial charge on any atom is 0.181 e. The number of aromatic nitrogens is 1. The van der Waals surface area contributed by atoms with Crippen LogP contribution in [0.15, 0.2) is 53.9 Å². The highest BCUT2D eigenvalue weighted by Gasteiger charge is 2.17. The number of thiophene rings is 1. The minimum Gasteiger partial charge on any atom is -0.493 e. The van der Waals surface area contributed by atoms with Crippen molar-refractivity contribution in [1.29, 1.82) is 0 Å². The number of carbonyl (C=O) groups is 2. The summed E-state index contributed by atoms with van der Waals surface area (Å²) in [7, 11) is 1.49. The van der Waals surface area contributed by atoms with Gasteiger partial charge in [-0.3, -0.25) is 9.59 Å². The number of hydrogen-bond acceptors (Lipinski definition) is 7. The Kier molecular flexibility index (Phi) is 8.13. The van der Waals surface area contributed by atoms with Gasteiger partial charge in [0.15, 0.2) is 23.1 Å². The summed E-state index contributed by atoms with van der Waals surface area (Å²) in [6, 6.07) is 14.9. The quantitative estimate of drug-likeness (QED) is 0.250. The first-order valence-corrected chi connectivity index (χ1v) is 12.8. The molecule has 7 heteroatoms. The molecule has 0 atom stereocenters. The number of aryl methyl sites for hydroxylation is 2. The molecule has 6 nitrogen and oxygen atoms in total. The number of aliphatic hydroxyl groups excluding tert-OH is 1. The van der Waals surface area contributed by atoms with Crippen LogP contribution in [-0.4, -0.2) is 42.0 Å². The van der Waals surface area contributed by atoms with Crippen LogP contribution in [0.25, 0.3) is 21.3 Å². The molecule has 0 amide bonds. The average molecular weight is 504 g/mol. The topological polar surface area (TPSA) is 85.7 Å². The zero-order valence-electron chi connectivity index (χ0n) is 20.7. The molecule has 0 aliphatic heterocycles. The third kappa shape index (κ3) is 5.48. The summed E-state index contributed by atoms with van der Waals surface area (Å²) in [5, 5.41) is 12.2. The Labute approximate surface area is 214 Å². The highest BCUT2D eigenvalue weighted by molar-refractivity contribution is 7.18. The first-order chi connectivity index (χ1) is 17.4. The molecule has 1 N–H and O–H groups in total. The molecule has 0 saturated heterocycles. The lowest BCUT2D eigenvalue weighted by Gasteiger charge is -2.11. The Morgan fingerprint density at radius 2 is 1.83 bits per heavy atom. The van der Waals surface area contributed by atoms with Crippen molar-refractivity contribution in [3.05, 3.63) is 76.3 Å². The van der Waals surface area contributed by atoms with Crippen molar-refractivity contribution < 1.29 is 24.2 Å². The maximum atomic E-state index is 13.1. The fraction of sp³-hybridized carbons (Fsp3) is 0.276. The Morgan fingerprint density at radius 1 is 1.03 bits per heavy atom. The van der Waals surface area contributed by atoms with E-state index in [1.807, 2.05) is 25.1 Å². The molecule has 186 valence electrons. The average Bonchev–Trinajstić information content (AvgIpc) is 3.35.